The van der Waals surface area contributed by atoms with Crippen LogP contribution in [-0.2, 0) is 57.5 Å². The molecule has 2 heterocycles. The number of nitrogens with zero attached hydrogens (tertiary/aromatic N) is 1. The molecule has 0 aliphatic carbocycles. The number of hydrogen-bond acceptors (Lipinski definition) is 15. The number of nitrogens with two attached hydrogens (primary N) is 2. The van der Waals surface area contributed by atoms with E-state index in [1.165, 1.54) is 11.8 Å². The summed E-state index contributed by atoms with van der Waals surface area (Å²) >= 11 is 0. The molecular weight excluding hydrogens is 897 g/mol. The third-order valence-corrected chi connectivity index (χ3v) is 10.9. The second-order valence-corrected chi connectivity index (χ2v) is 17.7. The largest absolute Gasteiger partial charge is 0.480 e. The van der Waals surface area contributed by atoms with Crippen LogP contribution in [0.2, 0.25) is 0 Å². The molecule has 2 aliphatic heterocycles. The van der Waals surface area contributed by atoms with Gasteiger partial charge >= 0.3 is 5.97 Å². The number of amides is 10. The van der Waals surface area contributed by atoms with Gasteiger partial charge in [0.15, 0.2) is 0 Å². The summed E-state index contributed by atoms with van der Waals surface area (Å²) in [5, 5.41) is 41.6. The van der Waals surface area contributed by atoms with Gasteiger partial charge in [0.1, 0.15) is 42.0 Å². The van der Waals surface area contributed by atoms with E-state index in [9.17, 15) is 67.7 Å². The van der Waals surface area contributed by atoms with E-state index in [-0.39, 0.29) is 88.6 Å². The van der Waals surface area contributed by atoms with Crippen LogP contribution in [0.15, 0.2) is 0 Å². The van der Waals surface area contributed by atoms with Gasteiger partial charge < -0.3 is 74.4 Å². The van der Waals surface area contributed by atoms with E-state index in [1.807, 2.05) is 0 Å². The van der Waals surface area contributed by atoms with Crippen LogP contribution in [0.3, 0.4) is 0 Å². The number of β-amino-alcohol motifs (C(OH)–C–C–N with tert-alkyl or cyclic N) is 1. The first-order chi connectivity index (χ1) is 31.9. The number of likely N-dealkylation sites (tertiary alicyclic amines) is 1. The predicted octanol–water partition coefficient (Wildman–Crippen LogP) is -5.76. The molecule has 2 fully saturated rings. The van der Waals surface area contributed by atoms with Crippen molar-refractivity contribution in [3.8, 4) is 0 Å². The standard InChI is InChI=1S/C42H70N12O14/c1-21(2)13-29(53-39(64)26(10-11-32(44)57)50-33(58)18-46-37(62)28-15-25(56)17-45-28)38(63)47-19-34(59)51-30(14-22(3)4)40(65)49-23(5)36(61)48-20-35(60)54-12-6-7-31(54)41(66)52-27(42(67)68)9-8-24(55)16-43/h21-23,25-31,45,56H,6-20,43H2,1-5H3,(H2,44,57)(H,46,62)(H,47,63)(H,48,61)(H,49,65)(H,50,58)(H,51,59)(H,52,66)(H,53,64)(H,67,68)/t23-,25+,26-,27-,28-,29-,30-,31-/m0/s1. The highest BCUT2D eigenvalue weighted by Crippen LogP contribution is 2.18. The summed E-state index contributed by atoms with van der Waals surface area (Å²) in [4.78, 5) is 154. The third kappa shape index (κ3) is 20.7. The van der Waals surface area contributed by atoms with Crippen molar-refractivity contribution in [1.29, 1.82) is 0 Å². The summed E-state index contributed by atoms with van der Waals surface area (Å²) in [7, 11) is 0. The van der Waals surface area contributed by atoms with Crippen LogP contribution in [0.25, 0.3) is 0 Å². The third-order valence-electron chi connectivity index (χ3n) is 10.9. The molecule has 0 aromatic heterocycles. The molecule has 0 aromatic rings. The normalized spacial score (nSPS) is 18.8. The van der Waals surface area contributed by atoms with E-state index < -0.39 is 133 Å². The molecule has 0 spiro atoms. The lowest BCUT2D eigenvalue weighted by Gasteiger charge is -2.26. The summed E-state index contributed by atoms with van der Waals surface area (Å²) in [6, 6.07) is -8.11. The molecule has 2 saturated heterocycles. The number of carbonyl (C=O) groups is 12. The van der Waals surface area contributed by atoms with E-state index in [2.05, 4.69) is 47.9 Å². The van der Waals surface area contributed by atoms with Gasteiger partial charge in [0.05, 0.1) is 38.3 Å². The fraction of sp³-hybridized carbons (Fsp3) is 0.714. The van der Waals surface area contributed by atoms with Gasteiger partial charge in [-0.05, 0) is 63.7 Å². The summed E-state index contributed by atoms with van der Waals surface area (Å²) in [5.74, 6) is -9.49. The molecule has 0 saturated carbocycles. The number of aliphatic hydroxyl groups excluding tert-OH is 1. The molecule has 26 heteroatoms. The van der Waals surface area contributed by atoms with Crippen molar-refractivity contribution in [1.82, 2.24) is 52.8 Å². The SMILES string of the molecule is CC(C)C[C@H](NC(=O)CNC(=O)[C@H](CC(C)C)NC(=O)[C@H](CCC(N)=O)NC(=O)CNC(=O)[C@@H]1C[C@@H](O)CN1)C(=O)N[C@@H](C)C(=O)NCC(=O)N1CCC[C@H]1C(=O)N[C@@H](CCC(=O)CN)C(=O)O. The Morgan fingerprint density at radius 1 is 0.662 bits per heavy atom. The zero-order valence-electron chi connectivity index (χ0n) is 39.3. The van der Waals surface area contributed by atoms with Gasteiger partial charge in [-0.15, -0.1) is 0 Å². The van der Waals surface area contributed by atoms with Crippen molar-refractivity contribution in [2.75, 3.05) is 39.3 Å². The first-order valence-electron chi connectivity index (χ1n) is 22.7. The first kappa shape index (κ1) is 57.8. The lowest BCUT2D eigenvalue weighted by molar-refractivity contribution is -0.144. The number of rotatable bonds is 29. The van der Waals surface area contributed by atoms with Crippen molar-refractivity contribution in [2.24, 2.45) is 23.3 Å². The Balaban J connectivity index is 1.98. The minimum atomic E-state index is -1.39. The summed E-state index contributed by atoms with van der Waals surface area (Å²) < 4.78 is 0. The number of hydrogen-bond donors (Lipinski definition) is 13. The van der Waals surface area contributed by atoms with E-state index >= 15 is 0 Å². The molecule has 0 unspecified atom stereocenters. The lowest BCUT2D eigenvalue weighted by Crippen LogP contribution is -2.57. The van der Waals surface area contributed by atoms with Crippen LogP contribution >= 0.6 is 0 Å². The van der Waals surface area contributed by atoms with Gasteiger partial charge in [-0.25, -0.2) is 4.79 Å². The Morgan fingerprint density at radius 3 is 1.78 bits per heavy atom. The van der Waals surface area contributed by atoms with Crippen molar-refractivity contribution in [3.05, 3.63) is 0 Å². The fourth-order valence-corrected chi connectivity index (χ4v) is 7.29. The zero-order chi connectivity index (χ0) is 51.2. The number of Topliss-reactive ketones (excluding diaryl/α,β-unsaturated/α-hetero) is 1. The maximum Gasteiger partial charge on any atom is 0.326 e. The molecule has 10 amide bonds. The first-order valence-corrected chi connectivity index (χ1v) is 22.7. The number of carboxylic acid groups (broad SMARTS) is 1. The quantitative estimate of drug-likeness (QED) is 0.0332. The van der Waals surface area contributed by atoms with Crippen LogP contribution in [0.1, 0.15) is 92.4 Å². The van der Waals surface area contributed by atoms with Crippen LogP contribution in [0.5, 0.6) is 0 Å². The molecule has 26 nitrogen and oxygen atoms in total. The van der Waals surface area contributed by atoms with Crippen molar-refractivity contribution < 1.29 is 67.7 Å². The highest BCUT2D eigenvalue weighted by Gasteiger charge is 2.37. The zero-order valence-corrected chi connectivity index (χ0v) is 39.3. The molecule has 0 radical (unpaired) electrons. The number of carboxylic acids is 1. The topological polar surface area (TPSA) is 409 Å². The molecule has 2 rings (SSSR count). The number of carbonyl (C=O) groups excluding carboxylic acids is 11. The van der Waals surface area contributed by atoms with Crippen molar-refractivity contribution >= 4 is 70.8 Å². The number of aliphatic carboxylic acids is 1. The maximum atomic E-state index is 13.4. The Labute approximate surface area is 394 Å². The predicted molar refractivity (Wildman–Crippen MR) is 240 cm³/mol. The summed E-state index contributed by atoms with van der Waals surface area (Å²) in [5.41, 5.74) is 10.6. The lowest BCUT2D eigenvalue weighted by atomic mass is 10.0. The molecule has 382 valence electrons. The van der Waals surface area contributed by atoms with Crippen molar-refractivity contribution in [2.45, 2.75) is 141 Å². The van der Waals surface area contributed by atoms with E-state index in [0.717, 1.165) is 0 Å². The van der Waals surface area contributed by atoms with Gasteiger partial charge in [0, 0.05) is 25.9 Å². The van der Waals surface area contributed by atoms with Gasteiger partial charge in [-0.3, -0.25) is 52.7 Å². The molecule has 68 heavy (non-hydrogen) atoms. The van der Waals surface area contributed by atoms with Crippen LogP contribution in [0, 0.1) is 11.8 Å². The average molecular weight is 967 g/mol. The van der Waals surface area contributed by atoms with E-state index in [4.69, 9.17) is 11.5 Å². The van der Waals surface area contributed by atoms with E-state index in [1.54, 1.807) is 27.7 Å². The maximum absolute atomic E-state index is 13.4. The molecule has 8 atom stereocenters. The minimum absolute atomic E-state index is 0.0804. The molecular formula is C42H70N12O14. The van der Waals surface area contributed by atoms with Gasteiger partial charge in [0.25, 0.3) is 0 Å². The molecule has 15 N–H and O–H groups in total. The Morgan fingerprint density at radius 2 is 1.22 bits per heavy atom. The minimum Gasteiger partial charge on any atom is -0.480 e. The Hall–Kier alpha value is -6.28. The van der Waals surface area contributed by atoms with Gasteiger partial charge in [0.2, 0.25) is 59.1 Å². The second kappa shape index (κ2) is 28.8. The molecule has 0 bridgehead atoms. The second-order valence-electron chi connectivity index (χ2n) is 17.7. The van der Waals surface area contributed by atoms with Gasteiger partial charge in [-0.1, -0.05) is 27.7 Å². The van der Waals surface area contributed by atoms with Gasteiger partial charge in [-0.2, -0.15) is 0 Å². The van der Waals surface area contributed by atoms with E-state index in [0.29, 0.717) is 6.42 Å². The van der Waals surface area contributed by atoms with Crippen molar-refractivity contribution in [3.63, 3.8) is 0 Å². The highest BCUT2D eigenvalue weighted by molar-refractivity contribution is 5.97. The highest BCUT2D eigenvalue weighted by atomic mass is 16.4. The summed E-state index contributed by atoms with van der Waals surface area (Å²) in [6.07, 6.45) is -0.637. The molecule has 2 aliphatic rings. The summed E-state index contributed by atoms with van der Waals surface area (Å²) in [6.45, 7) is 6.78. The number of aliphatic hydroxyl groups is 1. The number of nitrogens with one attached hydrogen (secondary N) is 9. The fourth-order valence-electron chi connectivity index (χ4n) is 7.29. The average Bonchev–Trinajstić information content (AvgIpc) is 3.95. The smallest absolute Gasteiger partial charge is 0.326 e. The van der Waals surface area contributed by atoms with Crippen LogP contribution in [0.4, 0.5) is 0 Å². The van der Waals surface area contributed by atoms with Crippen LogP contribution in [-0.4, -0.2) is 174 Å². The number of ketones is 1. The Kier molecular flexibility index (Phi) is 24.5. The van der Waals surface area contributed by atoms with Crippen LogP contribution < -0.4 is 59.3 Å². The molecule has 0 aromatic carbocycles. The Bertz CT molecular complexity index is 1850. The monoisotopic (exact) mass is 967 g/mol. The number of primary amides is 1.